The monoisotopic (exact) mass is 429 g/mol. The van der Waals surface area contributed by atoms with Crippen molar-refractivity contribution in [2.45, 2.75) is 55.5 Å². The van der Waals surface area contributed by atoms with E-state index in [-0.39, 0.29) is 5.41 Å². The third-order valence-electron chi connectivity index (χ3n) is 4.78. The minimum Gasteiger partial charge on any atom is -0.444 e. The standard InChI is InChI=1S/C21H27N5OS2/c1-21(2,3)16-11-23-18(27-16)14-28-19-12-24-20(29-19)25-17-7-6-15(10-22-17)13-26-8-4-5-9-26/h6-7,10-12H,4-5,8-9,13-14H2,1-3H3,(H,22,24,25). The molecule has 3 aromatic rings. The Morgan fingerprint density at radius 3 is 2.62 bits per heavy atom. The number of likely N-dealkylation sites (tertiary alicyclic amines) is 1. The predicted octanol–water partition coefficient (Wildman–Crippen LogP) is 5.46. The number of rotatable bonds is 7. The Hall–Kier alpha value is -1.90. The number of anilines is 2. The molecule has 1 fully saturated rings. The number of hydrogen-bond donors (Lipinski definition) is 1. The Balaban J connectivity index is 1.29. The second-order valence-electron chi connectivity index (χ2n) is 8.30. The summed E-state index contributed by atoms with van der Waals surface area (Å²) in [6.07, 6.45) is 8.29. The lowest BCUT2D eigenvalue weighted by Gasteiger charge is -2.14. The van der Waals surface area contributed by atoms with E-state index in [1.165, 1.54) is 31.5 Å². The molecule has 0 saturated carbocycles. The SMILES string of the molecule is CC(C)(C)c1cnc(CSc2cnc(Nc3ccc(CN4CCCC4)cn3)s2)o1. The van der Waals surface area contributed by atoms with Crippen molar-refractivity contribution in [3.05, 3.63) is 47.9 Å². The van der Waals surface area contributed by atoms with Crippen LogP contribution >= 0.6 is 23.1 Å². The lowest BCUT2D eigenvalue weighted by molar-refractivity contribution is 0.331. The maximum atomic E-state index is 5.85. The second kappa shape index (κ2) is 8.85. The highest BCUT2D eigenvalue weighted by atomic mass is 32.2. The largest absolute Gasteiger partial charge is 0.444 e. The smallest absolute Gasteiger partial charge is 0.204 e. The van der Waals surface area contributed by atoms with Gasteiger partial charge < -0.3 is 9.73 Å². The summed E-state index contributed by atoms with van der Waals surface area (Å²) in [5.41, 5.74) is 1.24. The molecule has 0 aliphatic carbocycles. The fourth-order valence-corrected chi connectivity index (χ4v) is 4.87. The average Bonchev–Trinajstić information content (AvgIpc) is 3.43. The van der Waals surface area contributed by atoms with Crippen LogP contribution in [0.15, 0.2) is 39.3 Å². The number of hydrogen-bond acceptors (Lipinski definition) is 8. The first kappa shape index (κ1) is 20.4. The van der Waals surface area contributed by atoms with E-state index in [1.807, 2.05) is 24.7 Å². The van der Waals surface area contributed by atoms with Crippen LogP contribution in [0.5, 0.6) is 0 Å². The van der Waals surface area contributed by atoms with Gasteiger partial charge in [0.25, 0.3) is 0 Å². The van der Waals surface area contributed by atoms with E-state index >= 15 is 0 Å². The molecule has 1 aliphatic heterocycles. The Kier molecular flexibility index (Phi) is 6.22. The van der Waals surface area contributed by atoms with Crippen LogP contribution < -0.4 is 5.32 Å². The zero-order valence-corrected chi connectivity index (χ0v) is 18.8. The zero-order valence-electron chi connectivity index (χ0n) is 17.1. The van der Waals surface area contributed by atoms with Crippen molar-refractivity contribution >= 4 is 34.0 Å². The highest BCUT2D eigenvalue weighted by Crippen LogP contribution is 2.32. The van der Waals surface area contributed by atoms with E-state index in [2.05, 4.69) is 52.0 Å². The molecule has 0 aromatic carbocycles. The van der Waals surface area contributed by atoms with Gasteiger partial charge in [0.2, 0.25) is 5.89 Å². The van der Waals surface area contributed by atoms with E-state index in [4.69, 9.17) is 4.42 Å². The molecular weight excluding hydrogens is 402 g/mol. The van der Waals surface area contributed by atoms with Crippen LogP contribution in [0.4, 0.5) is 10.9 Å². The summed E-state index contributed by atoms with van der Waals surface area (Å²) in [5, 5.41) is 4.14. The minimum absolute atomic E-state index is 0.0193. The fourth-order valence-electron chi connectivity index (χ4n) is 3.14. The molecule has 154 valence electrons. The summed E-state index contributed by atoms with van der Waals surface area (Å²) in [7, 11) is 0. The van der Waals surface area contributed by atoms with E-state index in [1.54, 1.807) is 23.1 Å². The van der Waals surface area contributed by atoms with Gasteiger partial charge in [-0.2, -0.15) is 0 Å². The van der Waals surface area contributed by atoms with Gasteiger partial charge in [-0.3, -0.25) is 4.90 Å². The van der Waals surface area contributed by atoms with Gasteiger partial charge in [0.1, 0.15) is 11.6 Å². The molecule has 0 radical (unpaired) electrons. The molecular formula is C21H27N5OS2. The van der Waals surface area contributed by atoms with Gasteiger partial charge in [0.15, 0.2) is 5.13 Å². The van der Waals surface area contributed by atoms with Crippen LogP contribution in [0.25, 0.3) is 0 Å². The summed E-state index contributed by atoms with van der Waals surface area (Å²) in [4.78, 5) is 15.9. The Morgan fingerprint density at radius 1 is 1.10 bits per heavy atom. The summed E-state index contributed by atoms with van der Waals surface area (Å²) in [5.74, 6) is 3.18. The summed E-state index contributed by atoms with van der Waals surface area (Å²) >= 11 is 3.30. The van der Waals surface area contributed by atoms with Crippen molar-refractivity contribution in [1.29, 1.82) is 0 Å². The van der Waals surface area contributed by atoms with Gasteiger partial charge in [0.05, 0.1) is 22.4 Å². The molecule has 1 saturated heterocycles. The number of nitrogens with zero attached hydrogens (tertiary/aromatic N) is 4. The maximum absolute atomic E-state index is 5.85. The number of nitrogens with one attached hydrogen (secondary N) is 1. The summed E-state index contributed by atoms with van der Waals surface area (Å²) in [6.45, 7) is 9.76. The molecule has 3 aromatic heterocycles. The molecule has 0 unspecified atom stereocenters. The first-order valence-corrected chi connectivity index (χ1v) is 11.7. The predicted molar refractivity (Wildman–Crippen MR) is 119 cm³/mol. The molecule has 29 heavy (non-hydrogen) atoms. The number of oxazole rings is 1. The normalized spacial score (nSPS) is 15.1. The Bertz CT molecular complexity index is 923. The van der Waals surface area contributed by atoms with Gasteiger partial charge in [-0.15, -0.1) is 11.8 Å². The van der Waals surface area contributed by atoms with E-state index < -0.39 is 0 Å². The quantitative estimate of drug-likeness (QED) is 0.501. The van der Waals surface area contributed by atoms with Gasteiger partial charge >= 0.3 is 0 Å². The molecule has 8 heteroatoms. The Labute approximate surface area is 180 Å². The summed E-state index contributed by atoms with van der Waals surface area (Å²) < 4.78 is 6.97. The van der Waals surface area contributed by atoms with Gasteiger partial charge in [0, 0.05) is 18.2 Å². The fraction of sp³-hybridized carbons (Fsp3) is 0.476. The van der Waals surface area contributed by atoms with Crippen LogP contribution in [-0.4, -0.2) is 32.9 Å². The third-order valence-corrected chi connectivity index (χ3v) is 6.87. The second-order valence-corrected chi connectivity index (χ2v) is 10.6. The van der Waals surface area contributed by atoms with Crippen molar-refractivity contribution in [1.82, 2.24) is 19.9 Å². The van der Waals surface area contributed by atoms with Crippen LogP contribution in [0.2, 0.25) is 0 Å². The molecule has 4 rings (SSSR count). The lowest BCUT2D eigenvalue weighted by Crippen LogP contribution is -2.18. The molecule has 1 aliphatic rings. The number of thiazole rings is 1. The van der Waals surface area contributed by atoms with E-state index in [0.717, 1.165) is 33.4 Å². The van der Waals surface area contributed by atoms with Crippen LogP contribution in [0.3, 0.4) is 0 Å². The zero-order chi connectivity index (χ0) is 20.3. The lowest BCUT2D eigenvalue weighted by atomic mass is 9.94. The first-order chi connectivity index (χ1) is 14.0. The average molecular weight is 430 g/mol. The highest BCUT2D eigenvalue weighted by Gasteiger charge is 2.19. The molecule has 0 amide bonds. The summed E-state index contributed by atoms with van der Waals surface area (Å²) in [6, 6.07) is 4.17. The van der Waals surface area contributed by atoms with Crippen LogP contribution in [0, 0.1) is 0 Å². The topological polar surface area (TPSA) is 67.1 Å². The van der Waals surface area contributed by atoms with Crippen LogP contribution in [0.1, 0.15) is 50.8 Å². The van der Waals surface area contributed by atoms with Crippen LogP contribution in [-0.2, 0) is 17.7 Å². The van der Waals surface area contributed by atoms with Gasteiger partial charge in [-0.1, -0.05) is 38.2 Å². The van der Waals surface area contributed by atoms with Crippen molar-refractivity contribution in [2.24, 2.45) is 0 Å². The van der Waals surface area contributed by atoms with Crippen molar-refractivity contribution in [2.75, 3.05) is 18.4 Å². The number of pyridine rings is 1. The number of thioether (sulfide) groups is 1. The van der Waals surface area contributed by atoms with Crippen molar-refractivity contribution in [3.8, 4) is 0 Å². The molecule has 0 bridgehead atoms. The maximum Gasteiger partial charge on any atom is 0.204 e. The number of aromatic nitrogens is 3. The van der Waals surface area contributed by atoms with Gasteiger partial charge in [-0.25, -0.2) is 15.0 Å². The molecule has 4 heterocycles. The third kappa shape index (κ3) is 5.58. The molecule has 6 nitrogen and oxygen atoms in total. The van der Waals surface area contributed by atoms with Gasteiger partial charge in [-0.05, 0) is 37.6 Å². The highest BCUT2D eigenvalue weighted by molar-refractivity contribution is 8.00. The Morgan fingerprint density at radius 2 is 1.93 bits per heavy atom. The van der Waals surface area contributed by atoms with Crippen molar-refractivity contribution in [3.63, 3.8) is 0 Å². The van der Waals surface area contributed by atoms with Crippen molar-refractivity contribution < 1.29 is 4.42 Å². The molecule has 0 atom stereocenters. The molecule has 0 spiro atoms. The van der Waals surface area contributed by atoms with E-state index in [9.17, 15) is 0 Å². The first-order valence-electron chi connectivity index (χ1n) is 9.94. The van der Waals surface area contributed by atoms with E-state index in [0.29, 0.717) is 5.75 Å². The minimum atomic E-state index is -0.0193. The molecule has 1 N–H and O–H groups in total.